The van der Waals surface area contributed by atoms with Gasteiger partial charge in [0.05, 0.1) is 15.5 Å². The Kier molecular flexibility index (Phi) is 6.98. The van der Waals surface area contributed by atoms with Gasteiger partial charge in [0, 0.05) is 12.6 Å². The molecule has 1 N–H and O–H groups in total. The number of nitrogens with one attached hydrogen (secondary N) is 1. The molecule has 2 aromatic rings. The first-order valence-corrected chi connectivity index (χ1v) is 10.2. The van der Waals surface area contributed by atoms with Crippen LogP contribution in [0.1, 0.15) is 13.8 Å². The zero-order chi connectivity index (χ0) is 20.9. The maximum atomic E-state index is 13.2. The normalized spacial score (nSPS) is 11.3. The van der Waals surface area contributed by atoms with E-state index in [9.17, 15) is 23.3 Å². The number of halogens is 1. The Balaban J connectivity index is 2.46. The number of benzene rings is 2. The summed E-state index contributed by atoms with van der Waals surface area (Å²) in [5, 5.41) is 13.6. The highest BCUT2D eigenvalue weighted by atomic mass is 35.5. The molecule has 0 atom stereocenters. The third-order valence-corrected chi connectivity index (χ3v) is 5.83. The molecule has 2 rings (SSSR count). The molecule has 0 unspecified atom stereocenters. The van der Waals surface area contributed by atoms with Gasteiger partial charge in [-0.1, -0.05) is 43.6 Å². The number of para-hydroxylation sites is 1. The van der Waals surface area contributed by atoms with Crippen molar-refractivity contribution in [1.29, 1.82) is 0 Å². The van der Waals surface area contributed by atoms with Crippen LogP contribution in [0.5, 0.6) is 0 Å². The summed E-state index contributed by atoms with van der Waals surface area (Å²) in [6.45, 7) is 3.76. The molecule has 150 valence electrons. The van der Waals surface area contributed by atoms with E-state index in [1.54, 1.807) is 18.2 Å². The molecule has 0 aliphatic rings. The van der Waals surface area contributed by atoms with Crippen LogP contribution in [0.4, 0.5) is 11.4 Å². The standard InChI is InChI=1S/C18H20ClN3O5S/c1-13(2)11-20-18(23)12-21(14-6-4-3-5-7-14)28(26,27)15-8-9-16(19)17(10-15)22(24)25/h3-10,13H,11-12H2,1-2H3,(H,20,23). The lowest BCUT2D eigenvalue weighted by Crippen LogP contribution is -2.41. The second kappa shape index (κ2) is 9.03. The number of carbonyl (C=O) groups excluding carboxylic acids is 1. The lowest BCUT2D eigenvalue weighted by molar-refractivity contribution is -0.384. The summed E-state index contributed by atoms with van der Waals surface area (Å²) >= 11 is 5.78. The molecule has 10 heteroatoms. The SMILES string of the molecule is CC(C)CNC(=O)CN(c1ccccc1)S(=O)(=O)c1ccc(Cl)c([N+](=O)[O-])c1. The molecule has 0 aliphatic carbocycles. The van der Waals surface area contributed by atoms with Crippen molar-refractivity contribution in [2.75, 3.05) is 17.4 Å². The van der Waals surface area contributed by atoms with Crippen molar-refractivity contribution >= 4 is 38.9 Å². The number of amides is 1. The average molecular weight is 426 g/mol. The Morgan fingerprint density at radius 3 is 2.43 bits per heavy atom. The van der Waals surface area contributed by atoms with Crippen LogP contribution < -0.4 is 9.62 Å². The fourth-order valence-corrected chi connectivity index (χ4v) is 3.96. The minimum absolute atomic E-state index is 0.176. The van der Waals surface area contributed by atoms with E-state index in [0.29, 0.717) is 6.54 Å². The van der Waals surface area contributed by atoms with Gasteiger partial charge in [-0.15, -0.1) is 0 Å². The zero-order valence-corrected chi connectivity index (χ0v) is 16.9. The minimum atomic E-state index is -4.25. The van der Waals surface area contributed by atoms with E-state index in [-0.39, 0.29) is 21.5 Å². The molecular formula is C18H20ClN3O5S. The summed E-state index contributed by atoms with van der Waals surface area (Å²) in [6.07, 6.45) is 0. The number of nitro groups is 1. The van der Waals surface area contributed by atoms with Crippen molar-refractivity contribution in [3.05, 3.63) is 63.7 Å². The second-order valence-electron chi connectivity index (χ2n) is 6.42. The Morgan fingerprint density at radius 2 is 1.86 bits per heavy atom. The monoisotopic (exact) mass is 425 g/mol. The van der Waals surface area contributed by atoms with Crippen LogP contribution in [0.3, 0.4) is 0 Å². The fourth-order valence-electron chi connectivity index (χ4n) is 2.33. The van der Waals surface area contributed by atoms with Crippen LogP contribution in [0.2, 0.25) is 5.02 Å². The predicted molar refractivity (Wildman–Crippen MR) is 107 cm³/mol. The van der Waals surface area contributed by atoms with Crippen LogP contribution >= 0.6 is 11.6 Å². The lowest BCUT2D eigenvalue weighted by atomic mass is 10.2. The van der Waals surface area contributed by atoms with Crippen molar-refractivity contribution in [2.45, 2.75) is 18.7 Å². The number of nitrogens with zero attached hydrogens (tertiary/aromatic N) is 2. The van der Waals surface area contributed by atoms with Gasteiger partial charge in [0.25, 0.3) is 15.7 Å². The number of anilines is 1. The van der Waals surface area contributed by atoms with Crippen LogP contribution in [-0.2, 0) is 14.8 Å². The van der Waals surface area contributed by atoms with Crippen LogP contribution in [-0.4, -0.2) is 32.3 Å². The van der Waals surface area contributed by atoms with E-state index < -0.39 is 33.1 Å². The molecular weight excluding hydrogens is 406 g/mol. The van der Waals surface area contributed by atoms with Crippen molar-refractivity contribution in [3.63, 3.8) is 0 Å². The molecule has 8 nitrogen and oxygen atoms in total. The second-order valence-corrected chi connectivity index (χ2v) is 8.68. The number of carbonyl (C=O) groups is 1. The Morgan fingerprint density at radius 1 is 1.21 bits per heavy atom. The van der Waals surface area contributed by atoms with Crippen molar-refractivity contribution in [2.24, 2.45) is 5.92 Å². The van der Waals surface area contributed by atoms with Gasteiger partial charge in [-0.05, 0) is 30.2 Å². The summed E-state index contributed by atoms with van der Waals surface area (Å²) in [6, 6.07) is 11.3. The van der Waals surface area contributed by atoms with E-state index in [1.807, 2.05) is 13.8 Å². The first-order chi connectivity index (χ1) is 13.1. The van der Waals surface area contributed by atoms with Crippen LogP contribution in [0, 0.1) is 16.0 Å². The van der Waals surface area contributed by atoms with Crippen molar-refractivity contribution < 1.29 is 18.1 Å². The predicted octanol–water partition coefficient (Wildman–Crippen LogP) is 3.22. The summed E-state index contributed by atoms with van der Waals surface area (Å²) in [4.78, 5) is 22.3. The lowest BCUT2D eigenvalue weighted by Gasteiger charge is -2.24. The largest absolute Gasteiger partial charge is 0.354 e. The third-order valence-electron chi connectivity index (χ3n) is 3.74. The minimum Gasteiger partial charge on any atom is -0.354 e. The highest BCUT2D eigenvalue weighted by Crippen LogP contribution is 2.30. The highest BCUT2D eigenvalue weighted by molar-refractivity contribution is 7.92. The molecule has 0 spiro atoms. The fraction of sp³-hybridized carbons (Fsp3) is 0.278. The van der Waals surface area contributed by atoms with Gasteiger partial charge in [0.15, 0.2) is 0 Å². The quantitative estimate of drug-likeness (QED) is 0.515. The van der Waals surface area contributed by atoms with Gasteiger partial charge in [-0.3, -0.25) is 19.2 Å². The van der Waals surface area contributed by atoms with E-state index >= 15 is 0 Å². The molecule has 1 amide bonds. The summed E-state index contributed by atoms with van der Waals surface area (Å²) in [5.41, 5.74) is -0.264. The van der Waals surface area contributed by atoms with Gasteiger partial charge in [0.1, 0.15) is 11.6 Å². The molecule has 0 heterocycles. The maximum Gasteiger partial charge on any atom is 0.289 e. The molecule has 2 aromatic carbocycles. The first kappa shape index (κ1) is 21.6. The Hall–Kier alpha value is -2.65. The van der Waals surface area contributed by atoms with E-state index in [4.69, 9.17) is 11.6 Å². The highest BCUT2D eigenvalue weighted by Gasteiger charge is 2.29. The summed E-state index contributed by atoms with van der Waals surface area (Å²) < 4.78 is 27.3. The molecule has 28 heavy (non-hydrogen) atoms. The number of rotatable bonds is 8. The van der Waals surface area contributed by atoms with Gasteiger partial charge >= 0.3 is 0 Å². The molecule has 0 bridgehead atoms. The summed E-state index contributed by atoms with van der Waals surface area (Å²) in [7, 11) is -4.25. The topological polar surface area (TPSA) is 110 Å². The van der Waals surface area contributed by atoms with Crippen molar-refractivity contribution in [1.82, 2.24) is 5.32 Å². The van der Waals surface area contributed by atoms with E-state index in [2.05, 4.69) is 5.32 Å². The summed E-state index contributed by atoms with van der Waals surface area (Å²) in [5.74, 6) is -0.283. The number of hydrogen-bond acceptors (Lipinski definition) is 5. The van der Waals surface area contributed by atoms with Crippen LogP contribution in [0.15, 0.2) is 53.4 Å². The molecule has 0 fully saturated rings. The van der Waals surface area contributed by atoms with E-state index in [1.165, 1.54) is 18.2 Å². The van der Waals surface area contributed by atoms with Gasteiger partial charge in [-0.2, -0.15) is 0 Å². The molecule has 0 saturated heterocycles. The van der Waals surface area contributed by atoms with Gasteiger partial charge in [-0.25, -0.2) is 8.42 Å². The Bertz CT molecular complexity index is 964. The van der Waals surface area contributed by atoms with Crippen molar-refractivity contribution in [3.8, 4) is 0 Å². The molecule has 0 aromatic heterocycles. The average Bonchev–Trinajstić information content (AvgIpc) is 2.65. The first-order valence-electron chi connectivity index (χ1n) is 8.41. The maximum absolute atomic E-state index is 13.2. The van der Waals surface area contributed by atoms with Gasteiger partial charge in [0.2, 0.25) is 5.91 Å². The third kappa shape index (κ3) is 5.20. The molecule has 0 radical (unpaired) electrons. The smallest absolute Gasteiger partial charge is 0.289 e. The number of sulfonamides is 1. The Labute approximate surface area is 168 Å². The van der Waals surface area contributed by atoms with Crippen LogP contribution in [0.25, 0.3) is 0 Å². The number of nitro benzene ring substituents is 1. The van der Waals surface area contributed by atoms with Gasteiger partial charge < -0.3 is 5.32 Å². The molecule has 0 aliphatic heterocycles. The van der Waals surface area contributed by atoms with E-state index in [0.717, 1.165) is 16.4 Å². The zero-order valence-electron chi connectivity index (χ0n) is 15.3. The molecule has 0 saturated carbocycles. The number of hydrogen-bond donors (Lipinski definition) is 1.